The Hall–Kier alpha value is -0.990. The molecule has 66 valence electrons. The number of hydrogen-bond acceptors (Lipinski definition) is 2. The summed E-state index contributed by atoms with van der Waals surface area (Å²) >= 11 is 0. The molecule has 0 aromatic carbocycles. The number of aromatic amines is 1. The molecule has 2 atom stereocenters. The van der Waals surface area contributed by atoms with Crippen molar-refractivity contribution >= 4 is 5.95 Å². The van der Waals surface area contributed by atoms with Gasteiger partial charge in [-0.05, 0) is 25.2 Å². The minimum atomic E-state index is 0.631. The molecule has 1 aromatic heterocycles. The van der Waals surface area contributed by atoms with Crippen LogP contribution in [0.5, 0.6) is 0 Å². The van der Waals surface area contributed by atoms with Gasteiger partial charge in [0.25, 0.3) is 0 Å². The number of H-pyrrole nitrogens is 1. The highest BCUT2D eigenvalue weighted by Crippen LogP contribution is 2.26. The lowest BCUT2D eigenvalue weighted by atomic mass is 10.1. The molecule has 1 fully saturated rings. The number of aromatic nitrogens is 2. The van der Waals surface area contributed by atoms with Crippen LogP contribution >= 0.6 is 0 Å². The third-order valence-electron chi connectivity index (χ3n) is 2.53. The molecule has 0 bridgehead atoms. The summed E-state index contributed by atoms with van der Waals surface area (Å²) in [5.74, 6) is 1.78. The topological polar surface area (TPSA) is 40.7 Å². The molecule has 3 heteroatoms. The van der Waals surface area contributed by atoms with Crippen molar-refractivity contribution in [2.45, 2.75) is 32.2 Å². The van der Waals surface area contributed by atoms with Crippen molar-refractivity contribution in [3.05, 3.63) is 12.4 Å². The zero-order valence-corrected chi connectivity index (χ0v) is 7.38. The summed E-state index contributed by atoms with van der Waals surface area (Å²) < 4.78 is 0. The van der Waals surface area contributed by atoms with E-state index >= 15 is 0 Å². The Morgan fingerprint density at radius 2 is 2.50 bits per heavy atom. The van der Waals surface area contributed by atoms with E-state index in [0.29, 0.717) is 6.04 Å². The molecular weight excluding hydrogens is 150 g/mol. The molecule has 2 rings (SSSR count). The van der Waals surface area contributed by atoms with Crippen molar-refractivity contribution in [3.8, 4) is 0 Å². The normalized spacial score (nSPS) is 29.1. The standard InChI is InChI=1S/C9H15N3/c1-7-2-3-8(6-7)12-9-10-4-5-11-9/h4-5,7-8H,2-3,6H2,1H3,(H2,10,11,12). The predicted molar refractivity (Wildman–Crippen MR) is 49.0 cm³/mol. The smallest absolute Gasteiger partial charge is 0.200 e. The van der Waals surface area contributed by atoms with Gasteiger partial charge in [-0.1, -0.05) is 6.92 Å². The molecule has 0 saturated heterocycles. The molecule has 0 aliphatic heterocycles. The van der Waals surface area contributed by atoms with Crippen molar-refractivity contribution in [1.82, 2.24) is 9.97 Å². The van der Waals surface area contributed by atoms with Crippen LogP contribution in [0.4, 0.5) is 5.95 Å². The maximum atomic E-state index is 4.14. The summed E-state index contributed by atoms with van der Waals surface area (Å²) in [5.41, 5.74) is 0. The second-order valence-corrected chi connectivity index (χ2v) is 3.70. The Bertz CT molecular complexity index is 230. The van der Waals surface area contributed by atoms with E-state index in [1.54, 1.807) is 6.20 Å². The second-order valence-electron chi connectivity index (χ2n) is 3.70. The minimum Gasteiger partial charge on any atom is -0.353 e. The second kappa shape index (κ2) is 3.17. The first-order valence-electron chi connectivity index (χ1n) is 4.60. The molecular formula is C9H15N3. The highest BCUT2D eigenvalue weighted by atomic mass is 15.1. The maximum absolute atomic E-state index is 4.14. The molecule has 2 unspecified atom stereocenters. The average molecular weight is 165 g/mol. The molecule has 2 N–H and O–H groups in total. The van der Waals surface area contributed by atoms with Crippen molar-refractivity contribution < 1.29 is 0 Å². The van der Waals surface area contributed by atoms with Crippen LogP contribution in [-0.4, -0.2) is 16.0 Å². The predicted octanol–water partition coefficient (Wildman–Crippen LogP) is 2.01. The monoisotopic (exact) mass is 165 g/mol. The molecule has 1 heterocycles. The lowest BCUT2D eigenvalue weighted by molar-refractivity contribution is 0.602. The summed E-state index contributed by atoms with van der Waals surface area (Å²) in [6, 6.07) is 0.631. The maximum Gasteiger partial charge on any atom is 0.200 e. The van der Waals surface area contributed by atoms with E-state index in [2.05, 4.69) is 22.2 Å². The molecule has 1 aromatic rings. The minimum absolute atomic E-state index is 0.631. The number of nitrogens with one attached hydrogen (secondary N) is 2. The van der Waals surface area contributed by atoms with Gasteiger partial charge in [0.2, 0.25) is 0 Å². The number of nitrogens with zero attached hydrogens (tertiary/aromatic N) is 1. The summed E-state index contributed by atoms with van der Waals surface area (Å²) in [6.07, 6.45) is 7.53. The lowest BCUT2D eigenvalue weighted by Gasteiger charge is -2.10. The Labute approximate surface area is 72.6 Å². The van der Waals surface area contributed by atoms with Crippen LogP contribution in [0.2, 0.25) is 0 Å². The zero-order chi connectivity index (χ0) is 8.39. The summed E-state index contributed by atoms with van der Waals surface area (Å²) in [7, 11) is 0. The lowest BCUT2D eigenvalue weighted by Crippen LogP contribution is -2.15. The largest absolute Gasteiger partial charge is 0.353 e. The Morgan fingerprint density at radius 3 is 3.08 bits per heavy atom. The summed E-state index contributed by atoms with van der Waals surface area (Å²) in [5, 5.41) is 3.38. The molecule has 0 amide bonds. The van der Waals surface area contributed by atoms with E-state index in [1.165, 1.54) is 19.3 Å². The van der Waals surface area contributed by atoms with E-state index in [9.17, 15) is 0 Å². The van der Waals surface area contributed by atoms with E-state index < -0.39 is 0 Å². The zero-order valence-electron chi connectivity index (χ0n) is 7.38. The number of hydrogen-bond donors (Lipinski definition) is 2. The van der Waals surface area contributed by atoms with Gasteiger partial charge in [-0.15, -0.1) is 0 Å². The summed E-state index contributed by atoms with van der Waals surface area (Å²) in [4.78, 5) is 7.19. The van der Waals surface area contributed by atoms with Gasteiger partial charge in [0.1, 0.15) is 0 Å². The van der Waals surface area contributed by atoms with Gasteiger partial charge in [0.05, 0.1) is 0 Å². The number of anilines is 1. The van der Waals surface area contributed by atoms with Gasteiger partial charge in [-0.3, -0.25) is 0 Å². The quantitative estimate of drug-likeness (QED) is 0.703. The molecule has 0 spiro atoms. The van der Waals surface area contributed by atoms with Crippen molar-refractivity contribution in [3.63, 3.8) is 0 Å². The average Bonchev–Trinajstić information content (AvgIpc) is 2.63. The van der Waals surface area contributed by atoms with E-state index in [0.717, 1.165) is 11.9 Å². The van der Waals surface area contributed by atoms with Crippen molar-refractivity contribution in [1.29, 1.82) is 0 Å². The third-order valence-corrected chi connectivity index (χ3v) is 2.53. The van der Waals surface area contributed by atoms with E-state index in [4.69, 9.17) is 0 Å². The van der Waals surface area contributed by atoms with Crippen LogP contribution in [0, 0.1) is 5.92 Å². The molecule has 1 saturated carbocycles. The fraction of sp³-hybridized carbons (Fsp3) is 0.667. The van der Waals surface area contributed by atoms with Gasteiger partial charge < -0.3 is 10.3 Å². The van der Waals surface area contributed by atoms with Gasteiger partial charge in [0.15, 0.2) is 5.95 Å². The van der Waals surface area contributed by atoms with Gasteiger partial charge in [-0.25, -0.2) is 4.98 Å². The highest BCUT2D eigenvalue weighted by molar-refractivity contribution is 5.25. The molecule has 1 aliphatic carbocycles. The Morgan fingerprint density at radius 1 is 1.58 bits per heavy atom. The van der Waals surface area contributed by atoms with E-state index in [-0.39, 0.29) is 0 Å². The first-order chi connectivity index (χ1) is 5.84. The van der Waals surface area contributed by atoms with Gasteiger partial charge >= 0.3 is 0 Å². The Balaban J connectivity index is 1.88. The summed E-state index contributed by atoms with van der Waals surface area (Å²) in [6.45, 7) is 2.31. The molecule has 0 radical (unpaired) electrons. The number of rotatable bonds is 2. The number of imidazole rings is 1. The van der Waals surface area contributed by atoms with Crippen LogP contribution in [0.3, 0.4) is 0 Å². The van der Waals surface area contributed by atoms with Crippen LogP contribution in [0.1, 0.15) is 26.2 Å². The molecule has 1 aliphatic rings. The highest BCUT2D eigenvalue weighted by Gasteiger charge is 2.21. The molecule has 3 nitrogen and oxygen atoms in total. The van der Waals surface area contributed by atoms with Crippen molar-refractivity contribution in [2.75, 3.05) is 5.32 Å². The Kier molecular flexibility index (Phi) is 2.02. The van der Waals surface area contributed by atoms with Crippen molar-refractivity contribution in [2.24, 2.45) is 5.92 Å². The molecule has 12 heavy (non-hydrogen) atoms. The first kappa shape index (κ1) is 7.65. The van der Waals surface area contributed by atoms with Gasteiger partial charge in [-0.2, -0.15) is 0 Å². The SMILES string of the molecule is CC1CCC(Nc2ncc[nH]2)C1. The third kappa shape index (κ3) is 1.60. The van der Waals surface area contributed by atoms with Crippen LogP contribution in [0.15, 0.2) is 12.4 Å². The van der Waals surface area contributed by atoms with Crippen LogP contribution in [0.25, 0.3) is 0 Å². The van der Waals surface area contributed by atoms with E-state index in [1.807, 2.05) is 6.20 Å². The van der Waals surface area contributed by atoms with Crippen LogP contribution in [-0.2, 0) is 0 Å². The van der Waals surface area contributed by atoms with Crippen LogP contribution < -0.4 is 5.32 Å². The fourth-order valence-electron chi connectivity index (χ4n) is 1.88. The first-order valence-corrected chi connectivity index (χ1v) is 4.60. The van der Waals surface area contributed by atoms with Gasteiger partial charge in [0, 0.05) is 18.4 Å². The fourth-order valence-corrected chi connectivity index (χ4v) is 1.88.